The van der Waals surface area contributed by atoms with E-state index in [2.05, 4.69) is 20.7 Å². The Morgan fingerprint density at radius 2 is 2.11 bits per heavy atom. The molecule has 1 saturated heterocycles. The average Bonchev–Trinajstić information content (AvgIpc) is 2.58. The summed E-state index contributed by atoms with van der Waals surface area (Å²) in [6, 6.07) is 3.84. The SMILES string of the molecule is O=C1CC(O)CN1c1cc(Br)ccc1OC(F)(F)F. The normalized spacial score (nSPS) is 19.9. The lowest BCUT2D eigenvalue weighted by atomic mass is 10.2. The number of alkyl halides is 3. The van der Waals surface area contributed by atoms with Crippen LogP contribution in [0.1, 0.15) is 6.42 Å². The largest absolute Gasteiger partial charge is 0.573 e. The van der Waals surface area contributed by atoms with Crippen molar-refractivity contribution in [2.24, 2.45) is 0 Å². The van der Waals surface area contributed by atoms with Crippen LogP contribution in [0, 0.1) is 0 Å². The molecule has 1 amide bonds. The van der Waals surface area contributed by atoms with Crippen molar-refractivity contribution in [1.29, 1.82) is 0 Å². The zero-order valence-electron chi connectivity index (χ0n) is 9.45. The number of aliphatic hydroxyl groups is 1. The van der Waals surface area contributed by atoms with Gasteiger partial charge in [0.1, 0.15) is 0 Å². The van der Waals surface area contributed by atoms with Crippen molar-refractivity contribution in [3.63, 3.8) is 0 Å². The van der Waals surface area contributed by atoms with Gasteiger partial charge in [-0.1, -0.05) is 15.9 Å². The van der Waals surface area contributed by atoms with Crippen LogP contribution in [0.5, 0.6) is 5.75 Å². The Balaban J connectivity index is 2.38. The van der Waals surface area contributed by atoms with Gasteiger partial charge >= 0.3 is 6.36 Å². The van der Waals surface area contributed by atoms with Crippen molar-refractivity contribution in [3.8, 4) is 5.75 Å². The second kappa shape index (κ2) is 5.01. The molecule has 2 rings (SSSR count). The van der Waals surface area contributed by atoms with Crippen LogP contribution in [0.15, 0.2) is 22.7 Å². The lowest BCUT2D eigenvalue weighted by Gasteiger charge is -2.20. The highest BCUT2D eigenvalue weighted by Gasteiger charge is 2.36. The highest BCUT2D eigenvalue weighted by molar-refractivity contribution is 9.10. The third kappa shape index (κ3) is 3.38. The highest BCUT2D eigenvalue weighted by Crippen LogP contribution is 2.37. The van der Waals surface area contributed by atoms with Crippen molar-refractivity contribution in [2.45, 2.75) is 18.9 Å². The molecule has 1 aromatic rings. The van der Waals surface area contributed by atoms with Crippen molar-refractivity contribution >= 4 is 27.5 Å². The standard InChI is InChI=1S/C11H9BrF3NO3/c12-6-1-2-9(19-11(13,14)15)8(3-6)16-5-7(17)4-10(16)18/h1-3,7,17H,4-5H2. The molecule has 104 valence electrons. The van der Waals surface area contributed by atoms with Crippen molar-refractivity contribution in [1.82, 2.24) is 0 Å². The molecule has 0 spiro atoms. The summed E-state index contributed by atoms with van der Waals surface area (Å²) in [5.41, 5.74) is -0.0201. The van der Waals surface area contributed by atoms with E-state index in [9.17, 15) is 23.1 Å². The molecule has 1 aromatic carbocycles. The molecular formula is C11H9BrF3NO3. The number of amides is 1. The predicted octanol–water partition coefficient (Wildman–Crippen LogP) is 2.45. The molecule has 1 aliphatic rings. The summed E-state index contributed by atoms with van der Waals surface area (Å²) in [7, 11) is 0. The number of carbonyl (C=O) groups is 1. The Morgan fingerprint density at radius 1 is 1.42 bits per heavy atom. The van der Waals surface area contributed by atoms with Crippen LogP contribution in [0.3, 0.4) is 0 Å². The van der Waals surface area contributed by atoms with Gasteiger partial charge in [0.05, 0.1) is 24.8 Å². The number of benzene rings is 1. The lowest BCUT2D eigenvalue weighted by molar-refractivity contribution is -0.274. The molecule has 4 nitrogen and oxygen atoms in total. The Morgan fingerprint density at radius 3 is 2.63 bits per heavy atom. The van der Waals surface area contributed by atoms with Gasteiger partial charge in [0.25, 0.3) is 0 Å². The summed E-state index contributed by atoms with van der Waals surface area (Å²) in [5.74, 6) is -0.921. The van der Waals surface area contributed by atoms with E-state index in [0.29, 0.717) is 4.47 Å². The fourth-order valence-electron chi connectivity index (χ4n) is 1.83. The first-order valence-electron chi connectivity index (χ1n) is 5.30. The highest BCUT2D eigenvalue weighted by atomic mass is 79.9. The Hall–Kier alpha value is -1.28. The molecule has 0 bridgehead atoms. The number of nitrogens with zero attached hydrogens (tertiary/aromatic N) is 1. The van der Waals surface area contributed by atoms with Crippen LogP contribution in [-0.4, -0.2) is 30.0 Å². The molecule has 1 aliphatic heterocycles. The quantitative estimate of drug-likeness (QED) is 0.900. The summed E-state index contributed by atoms with van der Waals surface area (Å²) in [4.78, 5) is 12.7. The number of hydrogen-bond acceptors (Lipinski definition) is 3. The third-order valence-electron chi connectivity index (χ3n) is 2.54. The molecule has 0 saturated carbocycles. The maximum Gasteiger partial charge on any atom is 0.573 e. The number of β-amino-alcohol motifs (C(OH)–C–C–N with tert-alkyl or cyclic N) is 1. The van der Waals surface area contributed by atoms with Gasteiger partial charge in [-0.05, 0) is 18.2 Å². The third-order valence-corrected chi connectivity index (χ3v) is 3.04. The molecule has 1 atom stereocenters. The summed E-state index contributed by atoms with van der Waals surface area (Å²) in [5, 5.41) is 9.39. The minimum Gasteiger partial charge on any atom is -0.404 e. The number of rotatable bonds is 2. The van der Waals surface area contributed by atoms with E-state index < -0.39 is 24.1 Å². The predicted molar refractivity (Wildman–Crippen MR) is 63.8 cm³/mol. The van der Waals surface area contributed by atoms with Gasteiger partial charge in [-0.15, -0.1) is 13.2 Å². The van der Waals surface area contributed by atoms with Crippen molar-refractivity contribution in [2.75, 3.05) is 11.4 Å². The van der Waals surface area contributed by atoms with Gasteiger partial charge in [-0.3, -0.25) is 4.79 Å². The van der Waals surface area contributed by atoms with Crippen LogP contribution in [-0.2, 0) is 4.79 Å². The summed E-state index contributed by atoms with van der Waals surface area (Å²) in [6.07, 6.45) is -5.84. The first-order valence-corrected chi connectivity index (χ1v) is 6.09. The van der Waals surface area contributed by atoms with Crippen LogP contribution in [0.25, 0.3) is 0 Å². The van der Waals surface area contributed by atoms with E-state index >= 15 is 0 Å². The smallest absolute Gasteiger partial charge is 0.404 e. The zero-order chi connectivity index (χ0) is 14.2. The molecule has 1 fully saturated rings. The molecule has 0 aliphatic carbocycles. The van der Waals surface area contributed by atoms with Crippen LogP contribution < -0.4 is 9.64 Å². The lowest BCUT2D eigenvalue weighted by Crippen LogP contribution is -2.27. The summed E-state index contributed by atoms with van der Waals surface area (Å²) < 4.78 is 41.3. The molecule has 1 N–H and O–H groups in total. The van der Waals surface area contributed by atoms with E-state index in [1.165, 1.54) is 12.1 Å². The molecule has 19 heavy (non-hydrogen) atoms. The van der Waals surface area contributed by atoms with E-state index in [1.807, 2.05) is 0 Å². The van der Waals surface area contributed by atoms with Crippen LogP contribution in [0.4, 0.5) is 18.9 Å². The van der Waals surface area contributed by atoms with Crippen LogP contribution in [0.2, 0.25) is 0 Å². The van der Waals surface area contributed by atoms with Crippen molar-refractivity contribution in [3.05, 3.63) is 22.7 Å². The molecule has 1 unspecified atom stereocenters. The molecule has 0 radical (unpaired) electrons. The second-order valence-electron chi connectivity index (χ2n) is 4.02. The van der Waals surface area contributed by atoms with Gasteiger partial charge in [0.15, 0.2) is 5.75 Å². The Labute approximate surface area is 114 Å². The minimum atomic E-state index is -4.84. The van der Waals surface area contributed by atoms with Crippen LogP contribution >= 0.6 is 15.9 Å². The molecule has 1 heterocycles. The molecule has 8 heteroatoms. The number of carbonyl (C=O) groups excluding carboxylic acids is 1. The second-order valence-corrected chi connectivity index (χ2v) is 4.94. The summed E-state index contributed by atoms with van der Waals surface area (Å²) >= 11 is 3.12. The number of anilines is 1. The van der Waals surface area contributed by atoms with Crippen molar-refractivity contribution < 1.29 is 27.8 Å². The van der Waals surface area contributed by atoms with Gasteiger partial charge in [-0.25, -0.2) is 0 Å². The fraction of sp³-hybridized carbons (Fsp3) is 0.364. The summed E-state index contributed by atoms with van der Waals surface area (Å²) in [6.45, 7) is -0.0521. The Bertz CT molecular complexity index is 506. The topological polar surface area (TPSA) is 49.8 Å². The van der Waals surface area contributed by atoms with Gasteiger partial charge < -0.3 is 14.7 Å². The van der Waals surface area contributed by atoms with Gasteiger partial charge in [0, 0.05) is 4.47 Å². The number of aliphatic hydroxyl groups excluding tert-OH is 1. The van der Waals surface area contributed by atoms with Gasteiger partial charge in [0.2, 0.25) is 5.91 Å². The van der Waals surface area contributed by atoms with E-state index in [0.717, 1.165) is 11.0 Å². The average molecular weight is 340 g/mol. The van der Waals surface area contributed by atoms with E-state index in [1.54, 1.807) is 0 Å². The van der Waals surface area contributed by atoms with E-state index in [4.69, 9.17) is 0 Å². The van der Waals surface area contributed by atoms with E-state index in [-0.39, 0.29) is 18.7 Å². The molecular weight excluding hydrogens is 331 g/mol. The maximum atomic E-state index is 12.3. The molecule has 0 aromatic heterocycles. The monoisotopic (exact) mass is 339 g/mol. The number of halogens is 4. The maximum absolute atomic E-state index is 12.3. The first kappa shape index (κ1) is 14.1. The van der Waals surface area contributed by atoms with Gasteiger partial charge in [-0.2, -0.15) is 0 Å². The fourth-order valence-corrected chi connectivity index (χ4v) is 2.18. The Kier molecular flexibility index (Phi) is 3.73. The number of hydrogen-bond donors (Lipinski definition) is 1. The first-order chi connectivity index (χ1) is 8.76. The number of ether oxygens (including phenoxy) is 1. The zero-order valence-corrected chi connectivity index (χ0v) is 11.0. The minimum absolute atomic E-state index is 0.0201.